The van der Waals surface area contributed by atoms with Gasteiger partial charge < -0.3 is 10.0 Å². The van der Waals surface area contributed by atoms with Crippen molar-refractivity contribution in [3.8, 4) is 0 Å². The number of carbonyl (C=O) groups excluding carboxylic acids is 1. The molecule has 1 aliphatic heterocycles. The molecule has 1 rings (SSSR count). The lowest BCUT2D eigenvalue weighted by Crippen LogP contribution is -2.30. The smallest absolute Gasteiger partial charge is 0.210 e. The van der Waals surface area contributed by atoms with Crippen molar-refractivity contribution >= 4 is 18.8 Å². The molecule has 0 aromatic heterocycles. The molecule has 1 heterocycles. The number of hydrogen-bond donors (Lipinski definition) is 1. The summed E-state index contributed by atoms with van der Waals surface area (Å²) >= 11 is 0. The number of carbonyl (C=O) groups is 1. The highest BCUT2D eigenvalue weighted by molar-refractivity contribution is 5.85. The van der Waals surface area contributed by atoms with E-state index in [1.165, 1.54) is 0 Å². The fourth-order valence-corrected chi connectivity index (χ4v) is 1.19. The van der Waals surface area contributed by atoms with E-state index in [9.17, 15) is 4.79 Å². The second-order valence-corrected chi connectivity index (χ2v) is 2.32. The minimum atomic E-state index is 0. The van der Waals surface area contributed by atoms with Crippen LogP contribution in [0.15, 0.2) is 0 Å². The summed E-state index contributed by atoms with van der Waals surface area (Å²) < 4.78 is 0. The predicted octanol–water partition coefficient (Wildman–Crippen LogP) is 0.0213. The molecule has 1 amide bonds. The van der Waals surface area contributed by atoms with E-state index in [-0.39, 0.29) is 25.1 Å². The first-order chi connectivity index (χ1) is 4.38. The fourth-order valence-electron chi connectivity index (χ4n) is 1.19. The van der Waals surface area contributed by atoms with Crippen LogP contribution in [-0.2, 0) is 4.79 Å². The maximum atomic E-state index is 10.2. The Labute approximate surface area is 66.4 Å². The zero-order chi connectivity index (χ0) is 6.69. The summed E-state index contributed by atoms with van der Waals surface area (Å²) in [5, 5.41) is 8.67. The molecule has 3 nitrogen and oxygen atoms in total. The van der Waals surface area contributed by atoms with Crippen molar-refractivity contribution in [1.29, 1.82) is 0 Å². The fraction of sp³-hybridized carbons (Fsp3) is 0.833. The second kappa shape index (κ2) is 4.52. The van der Waals surface area contributed by atoms with Crippen molar-refractivity contribution in [3.63, 3.8) is 0 Å². The molecule has 0 saturated carbocycles. The van der Waals surface area contributed by atoms with Crippen LogP contribution in [0.25, 0.3) is 0 Å². The average molecular weight is 166 g/mol. The Bertz CT molecular complexity index is 110. The molecule has 1 N–H and O–H groups in total. The Morgan fingerprint density at radius 1 is 1.70 bits per heavy atom. The van der Waals surface area contributed by atoms with Crippen LogP contribution < -0.4 is 0 Å². The summed E-state index contributed by atoms with van der Waals surface area (Å²) in [7, 11) is 0. The van der Waals surface area contributed by atoms with Crippen LogP contribution in [0.2, 0.25) is 0 Å². The van der Waals surface area contributed by atoms with E-state index in [0.29, 0.717) is 0 Å². The lowest BCUT2D eigenvalue weighted by atomic mass is 10.2. The van der Waals surface area contributed by atoms with Crippen molar-refractivity contribution in [2.45, 2.75) is 18.9 Å². The maximum absolute atomic E-state index is 10.2. The van der Waals surface area contributed by atoms with Gasteiger partial charge in [-0.2, -0.15) is 0 Å². The number of hydrogen-bond acceptors (Lipinski definition) is 2. The summed E-state index contributed by atoms with van der Waals surface area (Å²) in [5.74, 6) is 0. The molecular formula is C6H12ClNO2. The molecule has 0 spiro atoms. The second-order valence-electron chi connectivity index (χ2n) is 2.32. The van der Waals surface area contributed by atoms with Crippen molar-refractivity contribution in [1.82, 2.24) is 4.90 Å². The molecule has 4 heteroatoms. The summed E-state index contributed by atoms with van der Waals surface area (Å²) in [6.07, 6.45) is 2.80. The molecule has 60 valence electrons. The number of aliphatic hydroxyl groups is 1. The highest BCUT2D eigenvalue weighted by Crippen LogP contribution is 2.13. The molecular weight excluding hydrogens is 154 g/mol. The topological polar surface area (TPSA) is 40.5 Å². The predicted molar refractivity (Wildman–Crippen MR) is 40.1 cm³/mol. The van der Waals surface area contributed by atoms with Gasteiger partial charge in [-0.05, 0) is 12.8 Å². The first-order valence-electron chi connectivity index (χ1n) is 3.20. The third-order valence-electron chi connectivity index (χ3n) is 1.77. The minimum absolute atomic E-state index is 0. The van der Waals surface area contributed by atoms with Gasteiger partial charge in [0, 0.05) is 6.54 Å². The highest BCUT2D eigenvalue weighted by Gasteiger charge is 2.21. The summed E-state index contributed by atoms with van der Waals surface area (Å²) in [5.41, 5.74) is 0. The van der Waals surface area contributed by atoms with Gasteiger partial charge >= 0.3 is 0 Å². The van der Waals surface area contributed by atoms with Crippen LogP contribution in [-0.4, -0.2) is 35.6 Å². The molecule has 1 saturated heterocycles. The Kier molecular flexibility index (Phi) is 4.40. The summed E-state index contributed by atoms with van der Waals surface area (Å²) in [6, 6.07) is 0.0995. The van der Waals surface area contributed by atoms with E-state index in [0.717, 1.165) is 25.8 Å². The molecule has 10 heavy (non-hydrogen) atoms. The van der Waals surface area contributed by atoms with Crippen LogP contribution in [0.1, 0.15) is 12.8 Å². The van der Waals surface area contributed by atoms with Gasteiger partial charge in [-0.25, -0.2) is 0 Å². The van der Waals surface area contributed by atoms with Crippen LogP contribution in [0.5, 0.6) is 0 Å². The molecule has 1 fully saturated rings. The largest absolute Gasteiger partial charge is 0.394 e. The van der Waals surface area contributed by atoms with E-state index in [1.807, 2.05) is 0 Å². The van der Waals surface area contributed by atoms with Gasteiger partial charge in [0.05, 0.1) is 12.6 Å². The average Bonchev–Trinajstić information content (AvgIpc) is 2.33. The minimum Gasteiger partial charge on any atom is -0.394 e. The van der Waals surface area contributed by atoms with Crippen molar-refractivity contribution in [2.75, 3.05) is 13.2 Å². The zero-order valence-electron chi connectivity index (χ0n) is 5.69. The van der Waals surface area contributed by atoms with Gasteiger partial charge in [0.25, 0.3) is 0 Å². The SMILES string of the molecule is Cl.O=CN1CCC[C@@H]1CO. The van der Waals surface area contributed by atoms with E-state index < -0.39 is 0 Å². The Hall–Kier alpha value is -0.280. The number of amides is 1. The van der Waals surface area contributed by atoms with Gasteiger partial charge in [-0.3, -0.25) is 4.79 Å². The number of likely N-dealkylation sites (tertiary alicyclic amines) is 1. The van der Waals surface area contributed by atoms with Crippen LogP contribution in [0.3, 0.4) is 0 Å². The van der Waals surface area contributed by atoms with Crippen LogP contribution in [0, 0.1) is 0 Å². The molecule has 0 aromatic carbocycles. The van der Waals surface area contributed by atoms with Crippen LogP contribution in [0.4, 0.5) is 0 Å². The maximum Gasteiger partial charge on any atom is 0.210 e. The Morgan fingerprint density at radius 3 is 2.80 bits per heavy atom. The first-order valence-corrected chi connectivity index (χ1v) is 3.20. The molecule has 1 aliphatic rings. The Morgan fingerprint density at radius 2 is 2.40 bits per heavy atom. The summed E-state index contributed by atoms with van der Waals surface area (Å²) in [6.45, 7) is 0.924. The van der Waals surface area contributed by atoms with Gasteiger partial charge in [0.15, 0.2) is 0 Å². The first kappa shape index (κ1) is 9.72. The lowest BCUT2D eigenvalue weighted by molar-refractivity contribution is -0.119. The number of halogens is 1. The molecule has 1 atom stereocenters. The van der Waals surface area contributed by atoms with Crippen molar-refractivity contribution < 1.29 is 9.90 Å². The van der Waals surface area contributed by atoms with E-state index >= 15 is 0 Å². The number of nitrogens with zero attached hydrogens (tertiary/aromatic N) is 1. The molecule has 0 bridgehead atoms. The van der Waals surface area contributed by atoms with Gasteiger partial charge in [-0.1, -0.05) is 0 Å². The van der Waals surface area contributed by atoms with Crippen molar-refractivity contribution in [2.24, 2.45) is 0 Å². The highest BCUT2D eigenvalue weighted by atomic mass is 35.5. The molecule has 0 unspecified atom stereocenters. The van der Waals surface area contributed by atoms with E-state index in [4.69, 9.17) is 5.11 Å². The summed E-state index contributed by atoms with van der Waals surface area (Å²) in [4.78, 5) is 11.8. The molecule has 0 aliphatic carbocycles. The van der Waals surface area contributed by atoms with Gasteiger partial charge in [0.1, 0.15) is 0 Å². The van der Waals surface area contributed by atoms with E-state index in [1.54, 1.807) is 4.90 Å². The van der Waals surface area contributed by atoms with Crippen molar-refractivity contribution in [3.05, 3.63) is 0 Å². The molecule has 0 aromatic rings. The van der Waals surface area contributed by atoms with Crippen LogP contribution >= 0.6 is 12.4 Å². The lowest BCUT2D eigenvalue weighted by Gasteiger charge is -2.16. The number of rotatable bonds is 2. The zero-order valence-corrected chi connectivity index (χ0v) is 6.51. The quantitative estimate of drug-likeness (QED) is 0.587. The normalized spacial score (nSPS) is 24.1. The molecule has 0 radical (unpaired) electrons. The third kappa shape index (κ3) is 1.85. The van der Waals surface area contributed by atoms with Gasteiger partial charge in [0.2, 0.25) is 6.41 Å². The number of aliphatic hydroxyl groups excluding tert-OH is 1. The monoisotopic (exact) mass is 165 g/mol. The van der Waals surface area contributed by atoms with Gasteiger partial charge in [-0.15, -0.1) is 12.4 Å². The third-order valence-corrected chi connectivity index (χ3v) is 1.77. The Balaban J connectivity index is 0.000000810. The van der Waals surface area contributed by atoms with E-state index in [2.05, 4.69) is 0 Å². The standard InChI is InChI=1S/C6H11NO2.ClH/c8-4-6-2-1-3-7(6)5-9;/h5-6,8H,1-4H2;1H/t6-;/m1./s1.